The molecule has 0 fully saturated rings. The van der Waals surface area contributed by atoms with Gasteiger partial charge in [0.15, 0.2) is 0 Å². The fourth-order valence-electron chi connectivity index (χ4n) is 1.65. The summed E-state index contributed by atoms with van der Waals surface area (Å²) in [4.78, 5) is 25.7. The minimum absolute atomic E-state index is 0.0438. The topological polar surface area (TPSA) is 46.6 Å². The predicted molar refractivity (Wildman–Crippen MR) is 77.9 cm³/mol. The molecule has 0 saturated carbocycles. The van der Waals surface area contributed by atoms with E-state index in [-0.39, 0.29) is 18.3 Å². The van der Waals surface area contributed by atoms with Crippen LogP contribution < -0.4 is 0 Å². The van der Waals surface area contributed by atoms with Crippen molar-refractivity contribution in [1.29, 1.82) is 0 Å². The molecule has 102 valence electrons. The number of thiophene rings is 2. The summed E-state index contributed by atoms with van der Waals surface area (Å²) in [5.74, 6) is -0.313. The van der Waals surface area contributed by atoms with Gasteiger partial charge in [-0.1, -0.05) is 0 Å². The van der Waals surface area contributed by atoms with E-state index in [1.54, 1.807) is 30.2 Å². The van der Waals surface area contributed by atoms with Crippen LogP contribution in [0.3, 0.4) is 0 Å². The van der Waals surface area contributed by atoms with Crippen molar-refractivity contribution >= 4 is 43.9 Å². The first-order chi connectivity index (χ1) is 9.11. The number of ether oxygens (including phenoxy) is 1. The molecule has 0 N–H and O–H groups in total. The summed E-state index contributed by atoms with van der Waals surface area (Å²) in [5, 5.41) is 2.01. The van der Waals surface area contributed by atoms with E-state index in [0.29, 0.717) is 18.0 Å². The summed E-state index contributed by atoms with van der Waals surface area (Å²) in [7, 11) is 1.70. The summed E-state index contributed by atoms with van der Waals surface area (Å²) in [6.07, 6.45) is 0.232. The van der Waals surface area contributed by atoms with Crippen molar-refractivity contribution in [3.05, 3.63) is 22.4 Å². The molecule has 0 atom stereocenters. The molecule has 4 nitrogen and oxygen atoms in total. The van der Waals surface area contributed by atoms with Gasteiger partial charge in [-0.15, -0.1) is 22.7 Å². The van der Waals surface area contributed by atoms with Crippen LogP contribution in [0.1, 0.15) is 23.0 Å². The maximum atomic E-state index is 12.2. The second kappa shape index (κ2) is 6.16. The standard InChI is InChI=1S/C13H15NO3S2/c1-3-17-12(15)4-6-14(2)13(16)11-8-10-9(19-11)5-7-18-10/h5,7-8H,3-4,6H2,1-2H3. The Labute approximate surface area is 119 Å². The quantitative estimate of drug-likeness (QED) is 0.797. The molecule has 0 aliphatic carbocycles. The van der Waals surface area contributed by atoms with Crippen molar-refractivity contribution in [3.8, 4) is 0 Å². The molecule has 6 heteroatoms. The summed E-state index contributed by atoms with van der Waals surface area (Å²) < 4.78 is 7.10. The number of hydrogen-bond donors (Lipinski definition) is 0. The zero-order valence-corrected chi connectivity index (χ0v) is 12.5. The first-order valence-electron chi connectivity index (χ1n) is 6.00. The molecule has 0 bridgehead atoms. The molecule has 2 aromatic heterocycles. The molecular weight excluding hydrogens is 282 g/mol. The van der Waals surface area contributed by atoms with Gasteiger partial charge in [0.05, 0.1) is 17.9 Å². The number of carbonyl (C=O) groups excluding carboxylic acids is 2. The van der Waals surface area contributed by atoms with E-state index in [9.17, 15) is 9.59 Å². The summed E-state index contributed by atoms with van der Waals surface area (Å²) in [6, 6.07) is 3.92. The van der Waals surface area contributed by atoms with Gasteiger partial charge < -0.3 is 9.64 Å². The fourth-order valence-corrected chi connectivity index (χ4v) is 3.76. The third-order valence-electron chi connectivity index (χ3n) is 2.65. The van der Waals surface area contributed by atoms with E-state index in [0.717, 1.165) is 9.40 Å². The summed E-state index contributed by atoms with van der Waals surface area (Å²) in [5.41, 5.74) is 0. The van der Waals surface area contributed by atoms with Gasteiger partial charge in [0, 0.05) is 23.0 Å². The molecule has 0 saturated heterocycles. The lowest BCUT2D eigenvalue weighted by Gasteiger charge is -2.15. The highest BCUT2D eigenvalue weighted by Gasteiger charge is 2.16. The average Bonchev–Trinajstić information content (AvgIpc) is 2.96. The Balaban J connectivity index is 1.95. The van der Waals surface area contributed by atoms with Crippen molar-refractivity contribution in [1.82, 2.24) is 4.90 Å². The highest BCUT2D eigenvalue weighted by molar-refractivity contribution is 7.27. The minimum Gasteiger partial charge on any atom is -0.466 e. The number of fused-ring (bicyclic) bond motifs is 1. The SMILES string of the molecule is CCOC(=O)CCN(C)C(=O)c1cc2sccc2s1. The van der Waals surface area contributed by atoms with Crippen LogP contribution in [0.4, 0.5) is 0 Å². The molecule has 0 aromatic carbocycles. The fraction of sp³-hybridized carbons (Fsp3) is 0.385. The molecule has 1 amide bonds. The lowest BCUT2D eigenvalue weighted by Crippen LogP contribution is -2.28. The molecule has 0 aliphatic heterocycles. The van der Waals surface area contributed by atoms with Crippen molar-refractivity contribution < 1.29 is 14.3 Å². The van der Waals surface area contributed by atoms with Crippen LogP contribution in [0.25, 0.3) is 9.40 Å². The Morgan fingerprint density at radius 1 is 1.37 bits per heavy atom. The summed E-state index contributed by atoms with van der Waals surface area (Å²) >= 11 is 3.12. The van der Waals surface area contributed by atoms with Crippen molar-refractivity contribution in [2.45, 2.75) is 13.3 Å². The van der Waals surface area contributed by atoms with E-state index in [1.165, 1.54) is 11.3 Å². The lowest BCUT2D eigenvalue weighted by atomic mass is 10.3. The third-order valence-corrected chi connectivity index (χ3v) is 4.73. The molecule has 2 rings (SSSR count). The number of hydrogen-bond acceptors (Lipinski definition) is 5. The van der Waals surface area contributed by atoms with E-state index < -0.39 is 0 Å². The van der Waals surface area contributed by atoms with Gasteiger partial charge in [0.25, 0.3) is 5.91 Å². The first kappa shape index (κ1) is 14.0. The predicted octanol–water partition coefficient (Wildman–Crippen LogP) is 2.99. The Kier molecular flexibility index (Phi) is 4.55. The van der Waals surface area contributed by atoms with Crippen molar-refractivity contribution in [3.63, 3.8) is 0 Å². The van der Waals surface area contributed by atoms with Crippen LogP contribution in [0.2, 0.25) is 0 Å². The Bertz CT molecular complexity index is 559. The Morgan fingerprint density at radius 3 is 2.84 bits per heavy atom. The van der Waals surface area contributed by atoms with E-state index >= 15 is 0 Å². The smallest absolute Gasteiger partial charge is 0.307 e. The average molecular weight is 297 g/mol. The Hall–Kier alpha value is -1.40. The molecule has 2 heterocycles. The maximum Gasteiger partial charge on any atom is 0.307 e. The number of carbonyl (C=O) groups is 2. The van der Waals surface area contributed by atoms with Crippen molar-refractivity contribution in [2.24, 2.45) is 0 Å². The highest BCUT2D eigenvalue weighted by Crippen LogP contribution is 2.30. The molecule has 0 spiro atoms. The second-order valence-corrected chi connectivity index (χ2v) is 6.07. The maximum absolute atomic E-state index is 12.2. The van der Waals surface area contributed by atoms with E-state index in [4.69, 9.17) is 4.74 Å². The number of rotatable bonds is 5. The number of amides is 1. The highest BCUT2D eigenvalue weighted by atomic mass is 32.1. The van der Waals surface area contributed by atoms with Gasteiger partial charge in [0.2, 0.25) is 0 Å². The van der Waals surface area contributed by atoms with Gasteiger partial charge >= 0.3 is 5.97 Å². The minimum atomic E-state index is -0.269. The van der Waals surface area contributed by atoms with E-state index in [2.05, 4.69) is 0 Å². The van der Waals surface area contributed by atoms with Gasteiger partial charge in [-0.3, -0.25) is 9.59 Å². The number of nitrogens with zero attached hydrogens (tertiary/aromatic N) is 1. The van der Waals surface area contributed by atoms with Gasteiger partial charge in [-0.2, -0.15) is 0 Å². The molecule has 19 heavy (non-hydrogen) atoms. The third kappa shape index (κ3) is 3.33. The molecule has 2 aromatic rings. The molecule has 0 aliphatic rings. The second-order valence-electron chi connectivity index (χ2n) is 4.04. The van der Waals surface area contributed by atoms with Crippen LogP contribution in [-0.4, -0.2) is 37.0 Å². The molecule has 0 unspecified atom stereocenters. The van der Waals surface area contributed by atoms with Crippen molar-refractivity contribution in [2.75, 3.05) is 20.2 Å². The zero-order valence-electron chi connectivity index (χ0n) is 10.8. The first-order valence-corrected chi connectivity index (χ1v) is 7.69. The monoisotopic (exact) mass is 297 g/mol. The zero-order chi connectivity index (χ0) is 13.8. The van der Waals surface area contributed by atoms with Gasteiger partial charge in [0.1, 0.15) is 0 Å². The van der Waals surface area contributed by atoms with Crippen LogP contribution in [0.5, 0.6) is 0 Å². The lowest BCUT2D eigenvalue weighted by molar-refractivity contribution is -0.143. The summed E-state index contributed by atoms with van der Waals surface area (Å²) in [6.45, 7) is 2.52. The van der Waals surface area contributed by atoms with E-state index in [1.807, 2.05) is 17.5 Å². The largest absolute Gasteiger partial charge is 0.466 e. The Morgan fingerprint density at radius 2 is 2.16 bits per heavy atom. The van der Waals surface area contributed by atoms with Gasteiger partial charge in [-0.05, 0) is 24.4 Å². The molecule has 0 radical (unpaired) electrons. The normalized spacial score (nSPS) is 10.6. The number of esters is 1. The van der Waals surface area contributed by atoms with Crippen LogP contribution in [0, 0.1) is 0 Å². The van der Waals surface area contributed by atoms with Crippen LogP contribution in [0.15, 0.2) is 17.5 Å². The van der Waals surface area contributed by atoms with Gasteiger partial charge in [-0.25, -0.2) is 0 Å². The van der Waals surface area contributed by atoms with Crippen LogP contribution in [-0.2, 0) is 9.53 Å². The molecular formula is C13H15NO3S2. The van der Waals surface area contributed by atoms with Crippen LogP contribution >= 0.6 is 22.7 Å².